The van der Waals surface area contributed by atoms with Gasteiger partial charge in [0, 0.05) is 38.4 Å². The minimum absolute atomic E-state index is 0.247. The fourth-order valence-corrected chi connectivity index (χ4v) is 3.35. The number of methoxy groups -OCH3 is 1. The number of urea groups is 1. The molecule has 0 bridgehead atoms. The van der Waals surface area contributed by atoms with E-state index in [1.54, 1.807) is 36.1 Å². The van der Waals surface area contributed by atoms with Crippen LogP contribution in [0.25, 0.3) is 0 Å². The number of esters is 1. The Labute approximate surface area is 182 Å². The van der Waals surface area contributed by atoms with Gasteiger partial charge >= 0.3 is 12.0 Å². The van der Waals surface area contributed by atoms with Crippen molar-refractivity contribution in [2.75, 3.05) is 38.6 Å². The van der Waals surface area contributed by atoms with Gasteiger partial charge in [0.05, 0.1) is 12.7 Å². The van der Waals surface area contributed by atoms with E-state index in [1.165, 1.54) is 12.7 Å². The van der Waals surface area contributed by atoms with Gasteiger partial charge in [0.1, 0.15) is 6.04 Å². The molecule has 31 heavy (non-hydrogen) atoms. The predicted molar refractivity (Wildman–Crippen MR) is 118 cm³/mol. The molecule has 1 fully saturated rings. The second-order valence-electron chi connectivity index (χ2n) is 7.48. The molecule has 1 aliphatic heterocycles. The third-order valence-electron chi connectivity index (χ3n) is 5.22. The van der Waals surface area contributed by atoms with Crippen LogP contribution in [0.4, 0.5) is 10.5 Å². The summed E-state index contributed by atoms with van der Waals surface area (Å²) in [6.45, 7) is 5.31. The molecule has 8 nitrogen and oxygen atoms in total. The lowest BCUT2D eigenvalue weighted by molar-refractivity contribution is -0.117. The summed E-state index contributed by atoms with van der Waals surface area (Å²) in [6, 6.07) is 15.7. The summed E-state index contributed by atoms with van der Waals surface area (Å²) in [6.07, 6.45) is 0. The molecule has 0 aliphatic carbocycles. The fraction of sp³-hybridized carbons (Fsp3) is 0.348. The fourth-order valence-electron chi connectivity index (χ4n) is 3.35. The van der Waals surface area contributed by atoms with Gasteiger partial charge in [-0.3, -0.25) is 9.69 Å². The smallest absolute Gasteiger partial charge is 0.337 e. The van der Waals surface area contributed by atoms with Crippen LogP contribution in [0.2, 0.25) is 0 Å². The van der Waals surface area contributed by atoms with Crippen molar-refractivity contribution in [1.29, 1.82) is 0 Å². The maximum absolute atomic E-state index is 12.5. The van der Waals surface area contributed by atoms with E-state index >= 15 is 0 Å². The van der Waals surface area contributed by atoms with Crippen LogP contribution in [0, 0.1) is 0 Å². The molecule has 0 spiro atoms. The number of nitrogens with zero attached hydrogens (tertiary/aromatic N) is 2. The van der Waals surface area contributed by atoms with Gasteiger partial charge in [-0.1, -0.05) is 30.3 Å². The third kappa shape index (κ3) is 6.29. The van der Waals surface area contributed by atoms with Crippen LogP contribution >= 0.6 is 0 Å². The highest BCUT2D eigenvalue weighted by Gasteiger charge is 2.24. The molecule has 2 aromatic rings. The Morgan fingerprint density at radius 2 is 1.61 bits per heavy atom. The number of benzene rings is 2. The largest absolute Gasteiger partial charge is 0.465 e. The number of ether oxygens (including phenoxy) is 1. The zero-order valence-corrected chi connectivity index (χ0v) is 17.8. The molecule has 8 heteroatoms. The molecule has 1 aliphatic rings. The average molecular weight is 425 g/mol. The van der Waals surface area contributed by atoms with Crippen molar-refractivity contribution in [3.05, 3.63) is 65.7 Å². The van der Waals surface area contributed by atoms with Gasteiger partial charge in [-0.2, -0.15) is 0 Å². The van der Waals surface area contributed by atoms with Gasteiger partial charge in [0.25, 0.3) is 0 Å². The summed E-state index contributed by atoms with van der Waals surface area (Å²) in [5.74, 6) is -0.774. The van der Waals surface area contributed by atoms with Crippen molar-refractivity contribution in [3.63, 3.8) is 0 Å². The first kappa shape index (κ1) is 22.3. The Kier molecular flexibility index (Phi) is 7.61. The van der Waals surface area contributed by atoms with Gasteiger partial charge in [-0.15, -0.1) is 0 Å². The molecular formula is C23H28N4O4. The molecular weight excluding hydrogens is 396 g/mol. The molecule has 0 aromatic heterocycles. The van der Waals surface area contributed by atoms with E-state index in [0.29, 0.717) is 24.3 Å². The Hall–Kier alpha value is -3.39. The van der Waals surface area contributed by atoms with Gasteiger partial charge in [0.2, 0.25) is 5.91 Å². The Morgan fingerprint density at radius 1 is 0.968 bits per heavy atom. The Morgan fingerprint density at radius 3 is 2.23 bits per heavy atom. The number of carbonyl (C=O) groups is 3. The summed E-state index contributed by atoms with van der Waals surface area (Å²) in [5.41, 5.74) is 2.19. The number of nitrogens with one attached hydrogen (secondary N) is 2. The third-order valence-corrected chi connectivity index (χ3v) is 5.22. The van der Waals surface area contributed by atoms with Gasteiger partial charge in [0.15, 0.2) is 0 Å². The molecule has 164 valence electrons. The van der Waals surface area contributed by atoms with Crippen LogP contribution < -0.4 is 10.6 Å². The molecule has 1 saturated heterocycles. The van der Waals surface area contributed by atoms with E-state index in [1.807, 2.05) is 18.2 Å². The van der Waals surface area contributed by atoms with Gasteiger partial charge in [-0.05, 0) is 36.8 Å². The maximum atomic E-state index is 12.5. The Balaban J connectivity index is 1.43. The minimum atomic E-state index is -0.699. The van der Waals surface area contributed by atoms with Crippen molar-refractivity contribution in [1.82, 2.24) is 15.1 Å². The van der Waals surface area contributed by atoms with Crippen LogP contribution in [0.15, 0.2) is 54.6 Å². The quantitative estimate of drug-likeness (QED) is 0.695. The molecule has 2 aromatic carbocycles. The summed E-state index contributed by atoms with van der Waals surface area (Å²) in [7, 11) is 1.31. The van der Waals surface area contributed by atoms with Crippen LogP contribution in [0.1, 0.15) is 22.8 Å². The van der Waals surface area contributed by atoms with Crippen molar-refractivity contribution in [2.45, 2.75) is 19.5 Å². The summed E-state index contributed by atoms with van der Waals surface area (Å²) >= 11 is 0. The number of piperazine rings is 1. The van der Waals surface area contributed by atoms with Crippen molar-refractivity contribution in [3.8, 4) is 0 Å². The highest BCUT2D eigenvalue weighted by molar-refractivity contribution is 5.97. The number of anilines is 1. The lowest BCUT2D eigenvalue weighted by atomic mass is 10.2. The summed E-state index contributed by atoms with van der Waals surface area (Å²) in [4.78, 5) is 40.5. The van der Waals surface area contributed by atoms with Crippen LogP contribution in [0.5, 0.6) is 0 Å². The van der Waals surface area contributed by atoms with Crippen LogP contribution in [-0.2, 0) is 16.1 Å². The van der Waals surface area contributed by atoms with Crippen LogP contribution in [0.3, 0.4) is 0 Å². The van der Waals surface area contributed by atoms with Crippen molar-refractivity contribution in [2.24, 2.45) is 0 Å². The molecule has 3 rings (SSSR count). The topological polar surface area (TPSA) is 91.0 Å². The highest BCUT2D eigenvalue weighted by Crippen LogP contribution is 2.12. The minimum Gasteiger partial charge on any atom is -0.465 e. The monoisotopic (exact) mass is 424 g/mol. The molecule has 0 radical (unpaired) electrons. The number of hydrogen-bond acceptors (Lipinski definition) is 5. The highest BCUT2D eigenvalue weighted by atomic mass is 16.5. The normalized spacial score (nSPS) is 15.1. The van der Waals surface area contributed by atoms with E-state index in [-0.39, 0.29) is 11.9 Å². The zero-order chi connectivity index (χ0) is 22.2. The standard InChI is InChI=1S/C23H28N4O4/c1-17(21(28)25-20-10-8-19(9-11-20)22(29)31-2)24-23(30)27-14-12-26(13-15-27)16-18-6-4-3-5-7-18/h3-11,17H,12-16H2,1-2H3,(H,24,30)(H,25,28)/t17-/m0/s1. The molecule has 3 amide bonds. The van der Waals surface area contributed by atoms with E-state index in [0.717, 1.165) is 19.6 Å². The molecule has 1 atom stereocenters. The number of carbonyl (C=O) groups excluding carboxylic acids is 3. The van der Waals surface area contributed by atoms with E-state index < -0.39 is 12.0 Å². The SMILES string of the molecule is COC(=O)c1ccc(NC(=O)[C@H](C)NC(=O)N2CCN(Cc3ccccc3)CC2)cc1. The molecule has 0 unspecified atom stereocenters. The average Bonchev–Trinajstić information content (AvgIpc) is 2.80. The van der Waals surface area contributed by atoms with E-state index in [4.69, 9.17) is 0 Å². The van der Waals surface area contributed by atoms with E-state index in [2.05, 4.69) is 32.4 Å². The van der Waals surface area contributed by atoms with E-state index in [9.17, 15) is 14.4 Å². The maximum Gasteiger partial charge on any atom is 0.337 e. The second-order valence-corrected chi connectivity index (χ2v) is 7.48. The lowest BCUT2D eigenvalue weighted by Crippen LogP contribution is -2.54. The Bertz CT molecular complexity index is 894. The van der Waals surface area contributed by atoms with Gasteiger partial charge < -0.3 is 20.3 Å². The number of hydrogen-bond donors (Lipinski definition) is 2. The lowest BCUT2D eigenvalue weighted by Gasteiger charge is -2.35. The summed E-state index contributed by atoms with van der Waals surface area (Å²) in [5, 5.41) is 5.49. The van der Waals surface area contributed by atoms with Crippen LogP contribution in [-0.4, -0.2) is 67.0 Å². The first-order valence-electron chi connectivity index (χ1n) is 10.3. The first-order chi connectivity index (χ1) is 15.0. The molecule has 1 heterocycles. The second kappa shape index (κ2) is 10.6. The van der Waals surface area contributed by atoms with Gasteiger partial charge in [-0.25, -0.2) is 9.59 Å². The number of rotatable bonds is 6. The predicted octanol–water partition coefficient (Wildman–Crippen LogP) is 2.33. The summed E-state index contributed by atoms with van der Waals surface area (Å²) < 4.78 is 4.65. The first-order valence-corrected chi connectivity index (χ1v) is 10.3. The molecule has 2 N–H and O–H groups in total. The van der Waals surface area contributed by atoms with Crippen molar-refractivity contribution >= 4 is 23.6 Å². The molecule has 0 saturated carbocycles. The number of amides is 3. The zero-order valence-electron chi connectivity index (χ0n) is 17.8. The van der Waals surface area contributed by atoms with Crippen molar-refractivity contribution < 1.29 is 19.1 Å².